The summed E-state index contributed by atoms with van der Waals surface area (Å²) in [6, 6.07) is 6.21. The van der Waals surface area contributed by atoms with E-state index in [9.17, 15) is 27.9 Å². The van der Waals surface area contributed by atoms with Crippen LogP contribution < -0.4 is 5.32 Å². The number of benzene rings is 1. The molecule has 1 amide bonds. The first-order chi connectivity index (χ1) is 11.9. The van der Waals surface area contributed by atoms with Crippen LogP contribution in [-0.2, 0) is 11.0 Å². The molecule has 2 rings (SSSR count). The maximum atomic E-state index is 13.5. The van der Waals surface area contributed by atoms with Gasteiger partial charge in [0.1, 0.15) is 0 Å². The van der Waals surface area contributed by atoms with Crippen LogP contribution in [0.5, 0.6) is 0 Å². The zero-order valence-corrected chi connectivity index (χ0v) is 13.8. The molecule has 26 heavy (non-hydrogen) atoms. The first-order valence-electron chi connectivity index (χ1n) is 7.40. The largest absolute Gasteiger partial charge is 0.479 e. The highest BCUT2D eigenvalue weighted by Gasteiger charge is 2.41. The molecule has 0 bridgehead atoms. The Labute approximate surface area is 146 Å². The van der Waals surface area contributed by atoms with E-state index in [-0.39, 0.29) is 5.69 Å². The SMILES string of the molecule is Cc1ccccc1-n1ncc(C(=O)NCC(C)(O)C(=O)O)c1C(F)(F)F. The molecule has 1 aromatic heterocycles. The molecule has 140 valence electrons. The Kier molecular flexibility index (Phi) is 5.08. The average Bonchev–Trinajstić information content (AvgIpc) is 2.98. The predicted octanol–water partition coefficient (Wildman–Crippen LogP) is 1.76. The zero-order chi connectivity index (χ0) is 19.7. The molecule has 0 aliphatic heterocycles. The van der Waals surface area contributed by atoms with Crippen molar-refractivity contribution in [3.05, 3.63) is 47.3 Å². The van der Waals surface area contributed by atoms with E-state index in [4.69, 9.17) is 5.11 Å². The number of rotatable bonds is 5. The third-order valence-electron chi connectivity index (χ3n) is 3.68. The summed E-state index contributed by atoms with van der Waals surface area (Å²) in [5, 5.41) is 24.0. The quantitative estimate of drug-likeness (QED) is 0.743. The number of halogens is 3. The van der Waals surface area contributed by atoms with Gasteiger partial charge in [-0.1, -0.05) is 18.2 Å². The third kappa shape index (κ3) is 3.85. The van der Waals surface area contributed by atoms with E-state index in [1.54, 1.807) is 19.1 Å². The lowest BCUT2D eigenvalue weighted by Crippen LogP contribution is -2.46. The number of carboxylic acids is 1. The summed E-state index contributed by atoms with van der Waals surface area (Å²) in [6.45, 7) is 1.74. The molecule has 1 unspecified atom stereocenters. The first kappa shape index (κ1) is 19.4. The first-order valence-corrected chi connectivity index (χ1v) is 7.40. The molecule has 1 aromatic carbocycles. The number of para-hydroxylation sites is 1. The van der Waals surface area contributed by atoms with Crippen molar-refractivity contribution < 1.29 is 33.0 Å². The fourth-order valence-electron chi connectivity index (χ4n) is 2.19. The van der Waals surface area contributed by atoms with Gasteiger partial charge in [-0.15, -0.1) is 0 Å². The molecular formula is C16H16F3N3O4. The number of hydrogen-bond donors (Lipinski definition) is 3. The van der Waals surface area contributed by atoms with Crippen molar-refractivity contribution in [2.45, 2.75) is 25.6 Å². The van der Waals surface area contributed by atoms with Crippen LogP contribution in [0.4, 0.5) is 13.2 Å². The number of carbonyl (C=O) groups excluding carboxylic acids is 1. The second-order valence-corrected chi connectivity index (χ2v) is 5.86. The summed E-state index contributed by atoms with van der Waals surface area (Å²) in [7, 11) is 0. The number of aromatic nitrogens is 2. The monoisotopic (exact) mass is 371 g/mol. The van der Waals surface area contributed by atoms with Gasteiger partial charge in [-0.25, -0.2) is 9.48 Å². The molecule has 0 fully saturated rings. The van der Waals surface area contributed by atoms with Gasteiger partial charge in [0.2, 0.25) is 0 Å². The second-order valence-electron chi connectivity index (χ2n) is 5.86. The van der Waals surface area contributed by atoms with Crippen molar-refractivity contribution in [2.24, 2.45) is 0 Å². The molecule has 0 saturated heterocycles. The number of hydrogen-bond acceptors (Lipinski definition) is 4. The van der Waals surface area contributed by atoms with E-state index in [1.807, 2.05) is 5.32 Å². The summed E-state index contributed by atoms with van der Waals surface area (Å²) < 4.78 is 41.2. The van der Waals surface area contributed by atoms with Crippen molar-refractivity contribution in [3.63, 3.8) is 0 Å². The summed E-state index contributed by atoms with van der Waals surface area (Å²) in [6.07, 6.45) is -4.14. The molecule has 0 aliphatic rings. The molecule has 7 nitrogen and oxygen atoms in total. The van der Waals surface area contributed by atoms with E-state index < -0.39 is 41.5 Å². The maximum absolute atomic E-state index is 13.5. The number of aliphatic hydroxyl groups is 1. The van der Waals surface area contributed by atoms with Crippen LogP contribution in [0, 0.1) is 6.92 Å². The Morgan fingerprint density at radius 3 is 2.42 bits per heavy atom. The molecule has 1 atom stereocenters. The number of nitrogens with one attached hydrogen (secondary N) is 1. The molecule has 0 spiro atoms. The van der Waals surface area contributed by atoms with E-state index in [2.05, 4.69) is 5.10 Å². The number of carboxylic acid groups (broad SMARTS) is 1. The number of aryl methyl sites for hydroxylation is 1. The number of nitrogens with zero attached hydrogens (tertiary/aromatic N) is 2. The lowest BCUT2D eigenvalue weighted by Gasteiger charge is -2.18. The topological polar surface area (TPSA) is 104 Å². The molecule has 10 heteroatoms. The highest BCUT2D eigenvalue weighted by molar-refractivity contribution is 5.96. The van der Waals surface area contributed by atoms with Gasteiger partial charge in [0.25, 0.3) is 5.91 Å². The third-order valence-corrected chi connectivity index (χ3v) is 3.68. The molecule has 0 radical (unpaired) electrons. The van der Waals surface area contributed by atoms with Crippen molar-refractivity contribution in [1.82, 2.24) is 15.1 Å². The molecule has 0 saturated carbocycles. The number of alkyl halides is 3. The average molecular weight is 371 g/mol. The van der Waals surface area contributed by atoms with Crippen molar-refractivity contribution in [1.29, 1.82) is 0 Å². The minimum Gasteiger partial charge on any atom is -0.479 e. The van der Waals surface area contributed by atoms with Crippen LogP contribution in [0.3, 0.4) is 0 Å². The predicted molar refractivity (Wildman–Crippen MR) is 83.9 cm³/mol. The van der Waals surface area contributed by atoms with Gasteiger partial charge in [-0.2, -0.15) is 18.3 Å². The highest BCUT2D eigenvalue weighted by Crippen LogP contribution is 2.34. The van der Waals surface area contributed by atoms with Crippen LogP contribution in [0.1, 0.15) is 28.5 Å². The van der Waals surface area contributed by atoms with Gasteiger partial charge in [-0.3, -0.25) is 4.79 Å². The van der Waals surface area contributed by atoms with Crippen LogP contribution in [0.25, 0.3) is 5.69 Å². The number of carbonyl (C=O) groups is 2. The van der Waals surface area contributed by atoms with Gasteiger partial charge in [-0.05, 0) is 25.5 Å². The van der Waals surface area contributed by atoms with Gasteiger partial charge in [0.15, 0.2) is 11.3 Å². The van der Waals surface area contributed by atoms with E-state index in [0.29, 0.717) is 10.2 Å². The normalized spacial score (nSPS) is 13.9. The minimum absolute atomic E-state index is 0.149. The lowest BCUT2D eigenvalue weighted by atomic mass is 10.1. The Morgan fingerprint density at radius 2 is 1.88 bits per heavy atom. The van der Waals surface area contributed by atoms with E-state index in [0.717, 1.165) is 13.1 Å². The van der Waals surface area contributed by atoms with Crippen LogP contribution in [-0.4, -0.2) is 44.0 Å². The van der Waals surface area contributed by atoms with Gasteiger partial charge in [0.05, 0.1) is 24.0 Å². The molecule has 3 N–H and O–H groups in total. The van der Waals surface area contributed by atoms with Gasteiger partial charge >= 0.3 is 12.1 Å². The standard InChI is InChI=1S/C16H16F3N3O4/c1-9-5-3-4-6-11(9)22-12(16(17,18)19)10(7-21-22)13(23)20-8-15(2,26)14(24)25/h3-7,26H,8H2,1-2H3,(H,20,23)(H,24,25). The fourth-order valence-corrected chi connectivity index (χ4v) is 2.19. The van der Waals surface area contributed by atoms with E-state index in [1.165, 1.54) is 12.1 Å². The summed E-state index contributed by atoms with van der Waals surface area (Å²) >= 11 is 0. The van der Waals surface area contributed by atoms with Crippen molar-refractivity contribution in [3.8, 4) is 5.69 Å². The zero-order valence-electron chi connectivity index (χ0n) is 13.8. The summed E-state index contributed by atoms with van der Waals surface area (Å²) in [4.78, 5) is 23.0. The number of amides is 1. The van der Waals surface area contributed by atoms with Crippen molar-refractivity contribution >= 4 is 11.9 Å². The maximum Gasteiger partial charge on any atom is 0.434 e. The Morgan fingerprint density at radius 1 is 1.27 bits per heavy atom. The fraction of sp³-hybridized carbons (Fsp3) is 0.312. The van der Waals surface area contributed by atoms with Crippen LogP contribution >= 0.6 is 0 Å². The molecule has 1 heterocycles. The smallest absolute Gasteiger partial charge is 0.434 e. The molecule has 2 aromatic rings. The van der Waals surface area contributed by atoms with Crippen LogP contribution in [0.2, 0.25) is 0 Å². The summed E-state index contributed by atoms with van der Waals surface area (Å²) in [5.41, 5.74) is -3.72. The molecule has 0 aliphatic carbocycles. The second kappa shape index (κ2) is 6.79. The molecular weight excluding hydrogens is 355 g/mol. The lowest BCUT2D eigenvalue weighted by molar-refractivity contribution is -0.155. The Hall–Kier alpha value is -2.88. The Balaban J connectivity index is 2.43. The number of aliphatic carboxylic acids is 1. The van der Waals surface area contributed by atoms with E-state index >= 15 is 0 Å². The summed E-state index contributed by atoms with van der Waals surface area (Å²) in [5.74, 6) is -2.82. The highest BCUT2D eigenvalue weighted by atomic mass is 19.4. The van der Waals surface area contributed by atoms with Crippen LogP contribution in [0.15, 0.2) is 30.5 Å². The van der Waals surface area contributed by atoms with Gasteiger partial charge < -0.3 is 15.5 Å². The Bertz CT molecular complexity index is 844. The minimum atomic E-state index is -4.89. The van der Waals surface area contributed by atoms with Gasteiger partial charge in [0, 0.05) is 0 Å². The van der Waals surface area contributed by atoms with Crippen molar-refractivity contribution in [2.75, 3.05) is 6.54 Å².